The van der Waals surface area contributed by atoms with Crippen LogP contribution in [0.5, 0.6) is 0 Å². The first-order valence-corrected chi connectivity index (χ1v) is 7.97. The van der Waals surface area contributed by atoms with Gasteiger partial charge in [0.25, 0.3) is 0 Å². The Labute approximate surface area is 102 Å². The maximum atomic E-state index is 1.56. The van der Waals surface area contributed by atoms with Gasteiger partial charge in [0.15, 0.2) is 0 Å². The number of hydrogen-bond acceptors (Lipinski definition) is 0. The molecule has 94 valence electrons. The Morgan fingerprint density at radius 3 is 0.938 bits per heavy atom. The van der Waals surface area contributed by atoms with Crippen LogP contribution in [0.2, 0.25) is 0 Å². The minimum Gasteiger partial charge on any atom is -0.0533 e. The van der Waals surface area contributed by atoms with Crippen molar-refractivity contribution in [2.24, 2.45) is 11.8 Å². The molecule has 2 saturated carbocycles. The molecule has 0 aromatic carbocycles. The van der Waals surface area contributed by atoms with Crippen LogP contribution in [-0.4, -0.2) is 0 Å². The van der Waals surface area contributed by atoms with Crippen LogP contribution in [0.15, 0.2) is 0 Å². The molecule has 0 bridgehead atoms. The van der Waals surface area contributed by atoms with E-state index in [1.54, 1.807) is 25.7 Å². The quantitative estimate of drug-likeness (QED) is 0.533. The van der Waals surface area contributed by atoms with E-state index in [1.165, 1.54) is 64.2 Å². The Morgan fingerprint density at radius 2 is 0.562 bits per heavy atom. The van der Waals surface area contributed by atoms with E-state index >= 15 is 0 Å². The third-order valence-electron chi connectivity index (χ3n) is 4.97. The van der Waals surface area contributed by atoms with Crippen molar-refractivity contribution in [2.45, 2.75) is 89.9 Å². The number of hydrogen-bond donors (Lipinski definition) is 0. The van der Waals surface area contributed by atoms with E-state index in [-0.39, 0.29) is 0 Å². The summed E-state index contributed by atoms with van der Waals surface area (Å²) in [5.41, 5.74) is 0. The zero-order valence-corrected chi connectivity index (χ0v) is 11.1. The Morgan fingerprint density at radius 1 is 0.312 bits per heavy atom. The average Bonchev–Trinajstić information content (AvgIpc) is 2.37. The first kappa shape index (κ1) is 12.5. The lowest BCUT2D eigenvalue weighted by Crippen LogP contribution is -2.18. The van der Waals surface area contributed by atoms with Gasteiger partial charge in [0.2, 0.25) is 0 Å². The lowest BCUT2D eigenvalue weighted by Gasteiger charge is -2.31. The fourth-order valence-electron chi connectivity index (χ4n) is 3.92. The minimum atomic E-state index is 1.11. The molecule has 2 aliphatic rings. The zero-order valence-electron chi connectivity index (χ0n) is 11.1. The second-order valence-corrected chi connectivity index (χ2v) is 6.21. The van der Waals surface area contributed by atoms with Gasteiger partial charge in [-0.25, -0.2) is 0 Å². The third-order valence-corrected chi connectivity index (χ3v) is 4.97. The molecule has 0 aromatic rings. The van der Waals surface area contributed by atoms with E-state index in [9.17, 15) is 0 Å². The SMILES string of the molecule is C1CCCCC(C2CCCCC2)CCCC1. The lowest BCUT2D eigenvalue weighted by atomic mass is 9.75. The largest absolute Gasteiger partial charge is 0.0533 e. The van der Waals surface area contributed by atoms with Gasteiger partial charge in [0, 0.05) is 0 Å². The molecule has 0 spiro atoms. The van der Waals surface area contributed by atoms with Crippen LogP contribution in [-0.2, 0) is 0 Å². The maximum Gasteiger partial charge on any atom is -0.0386 e. The molecule has 0 heteroatoms. The van der Waals surface area contributed by atoms with E-state index in [0.717, 1.165) is 11.8 Å². The molecule has 0 unspecified atom stereocenters. The fraction of sp³-hybridized carbons (Fsp3) is 1.00. The standard InChI is InChI=1S/C16H30/c1-2-4-7-11-15(12-8-5-3-1)16-13-9-6-10-14-16/h15-16H,1-14H2. The van der Waals surface area contributed by atoms with Gasteiger partial charge >= 0.3 is 0 Å². The summed E-state index contributed by atoms with van der Waals surface area (Å²) in [6.07, 6.45) is 21.4. The minimum absolute atomic E-state index is 1.11. The molecule has 0 radical (unpaired) electrons. The van der Waals surface area contributed by atoms with E-state index in [2.05, 4.69) is 0 Å². The Bertz CT molecular complexity index is 157. The van der Waals surface area contributed by atoms with Gasteiger partial charge in [-0.1, -0.05) is 89.9 Å². The zero-order chi connectivity index (χ0) is 11.1. The van der Waals surface area contributed by atoms with Gasteiger partial charge in [-0.3, -0.25) is 0 Å². The highest BCUT2D eigenvalue weighted by Crippen LogP contribution is 2.36. The van der Waals surface area contributed by atoms with Gasteiger partial charge in [-0.05, 0) is 11.8 Å². The summed E-state index contributed by atoms with van der Waals surface area (Å²) in [5.74, 6) is 2.23. The molecule has 0 aliphatic heterocycles. The van der Waals surface area contributed by atoms with Crippen molar-refractivity contribution in [2.75, 3.05) is 0 Å². The van der Waals surface area contributed by atoms with Crippen LogP contribution in [0.25, 0.3) is 0 Å². The van der Waals surface area contributed by atoms with Gasteiger partial charge in [-0.15, -0.1) is 0 Å². The molecular weight excluding hydrogens is 192 g/mol. The Kier molecular flexibility index (Phi) is 5.72. The second-order valence-electron chi connectivity index (χ2n) is 6.21. The lowest BCUT2D eigenvalue weighted by molar-refractivity contribution is 0.212. The van der Waals surface area contributed by atoms with Gasteiger partial charge in [-0.2, -0.15) is 0 Å². The Hall–Kier alpha value is 0. The van der Waals surface area contributed by atoms with Crippen LogP contribution in [0.3, 0.4) is 0 Å². The van der Waals surface area contributed by atoms with Crippen LogP contribution >= 0.6 is 0 Å². The molecule has 2 aliphatic carbocycles. The van der Waals surface area contributed by atoms with E-state index in [0.29, 0.717) is 0 Å². The van der Waals surface area contributed by atoms with Crippen molar-refractivity contribution < 1.29 is 0 Å². The van der Waals surface area contributed by atoms with Crippen LogP contribution < -0.4 is 0 Å². The molecule has 0 amide bonds. The predicted octanol–water partition coefficient (Wildman–Crippen LogP) is 5.71. The molecule has 2 fully saturated rings. The highest BCUT2D eigenvalue weighted by molar-refractivity contribution is 4.75. The first-order chi connectivity index (χ1) is 7.97. The summed E-state index contributed by atoms with van der Waals surface area (Å²) in [6, 6.07) is 0. The molecule has 0 saturated heterocycles. The highest BCUT2D eigenvalue weighted by atomic mass is 14.3. The first-order valence-electron chi connectivity index (χ1n) is 7.97. The summed E-state index contributed by atoms with van der Waals surface area (Å²) in [7, 11) is 0. The third kappa shape index (κ3) is 4.11. The van der Waals surface area contributed by atoms with Gasteiger partial charge in [0.05, 0.1) is 0 Å². The smallest absolute Gasteiger partial charge is 0.0386 e. The maximum absolute atomic E-state index is 1.56. The van der Waals surface area contributed by atoms with Crippen LogP contribution in [0.1, 0.15) is 89.9 Å². The van der Waals surface area contributed by atoms with Crippen molar-refractivity contribution in [1.82, 2.24) is 0 Å². The predicted molar refractivity (Wildman–Crippen MR) is 71.6 cm³/mol. The van der Waals surface area contributed by atoms with Crippen LogP contribution in [0.4, 0.5) is 0 Å². The van der Waals surface area contributed by atoms with Gasteiger partial charge < -0.3 is 0 Å². The summed E-state index contributed by atoms with van der Waals surface area (Å²) in [5, 5.41) is 0. The molecular formula is C16H30. The van der Waals surface area contributed by atoms with Crippen molar-refractivity contribution in [3.05, 3.63) is 0 Å². The molecule has 0 atom stereocenters. The van der Waals surface area contributed by atoms with Crippen molar-refractivity contribution in [1.29, 1.82) is 0 Å². The molecule has 2 rings (SSSR count). The molecule has 0 nitrogen and oxygen atoms in total. The summed E-state index contributed by atoms with van der Waals surface area (Å²) in [4.78, 5) is 0. The van der Waals surface area contributed by atoms with E-state index in [4.69, 9.17) is 0 Å². The number of rotatable bonds is 1. The van der Waals surface area contributed by atoms with Gasteiger partial charge in [0.1, 0.15) is 0 Å². The van der Waals surface area contributed by atoms with Crippen molar-refractivity contribution >= 4 is 0 Å². The highest BCUT2D eigenvalue weighted by Gasteiger charge is 2.22. The van der Waals surface area contributed by atoms with E-state index < -0.39 is 0 Å². The molecule has 0 heterocycles. The summed E-state index contributed by atoms with van der Waals surface area (Å²) in [6.45, 7) is 0. The second kappa shape index (κ2) is 7.35. The molecule has 16 heavy (non-hydrogen) atoms. The van der Waals surface area contributed by atoms with E-state index in [1.807, 2.05) is 0 Å². The monoisotopic (exact) mass is 222 g/mol. The molecule has 0 N–H and O–H groups in total. The average molecular weight is 222 g/mol. The summed E-state index contributed by atoms with van der Waals surface area (Å²) >= 11 is 0. The normalized spacial score (nSPS) is 27.8. The van der Waals surface area contributed by atoms with Crippen molar-refractivity contribution in [3.63, 3.8) is 0 Å². The molecule has 0 aromatic heterocycles. The Balaban J connectivity index is 1.78. The fourth-order valence-corrected chi connectivity index (χ4v) is 3.92. The van der Waals surface area contributed by atoms with Crippen molar-refractivity contribution in [3.8, 4) is 0 Å². The van der Waals surface area contributed by atoms with Crippen LogP contribution in [0, 0.1) is 11.8 Å². The topological polar surface area (TPSA) is 0 Å². The summed E-state index contributed by atoms with van der Waals surface area (Å²) < 4.78 is 0.